The fourth-order valence-corrected chi connectivity index (χ4v) is 1.68. The van der Waals surface area contributed by atoms with Crippen molar-refractivity contribution in [2.45, 2.75) is 39.2 Å². The van der Waals surface area contributed by atoms with E-state index in [-0.39, 0.29) is 11.8 Å². The first-order valence-electron chi connectivity index (χ1n) is 5.62. The number of carbonyl (C=O) groups excluding carboxylic acids is 1. The molecule has 0 saturated carbocycles. The predicted molar refractivity (Wildman–Crippen MR) is 58.1 cm³/mol. The van der Waals surface area contributed by atoms with E-state index in [0.29, 0.717) is 6.04 Å². The number of hydrogen-bond donors (Lipinski definition) is 1. The van der Waals surface area contributed by atoms with Gasteiger partial charge in [0.25, 0.3) is 0 Å². The molecule has 1 rings (SSSR count). The van der Waals surface area contributed by atoms with Crippen molar-refractivity contribution in [3.63, 3.8) is 0 Å². The second-order valence-corrected chi connectivity index (χ2v) is 4.40. The fraction of sp³-hybridized carbons (Fsp3) is 0.909. The third kappa shape index (κ3) is 3.29. The lowest BCUT2D eigenvalue weighted by atomic mass is 10.0. The number of carbonyl (C=O) groups is 1. The average molecular weight is 198 g/mol. The van der Waals surface area contributed by atoms with Gasteiger partial charge < -0.3 is 10.2 Å². The first-order valence-corrected chi connectivity index (χ1v) is 5.62. The van der Waals surface area contributed by atoms with Crippen molar-refractivity contribution >= 4 is 5.91 Å². The molecule has 0 radical (unpaired) electrons. The molecule has 1 unspecified atom stereocenters. The van der Waals surface area contributed by atoms with Crippen LogP contribution in [0.4, 0.5) is 0 Å². The molecule has 1 heterocycles. The normalized spacial score (nSPS) is 21.9. The van der Waals surface area contributed by atoms with E-state index in [0.717, 1.165) is 32.4 Å². The van der Waals surface area contributed by atoms with Crippen LogP contribution in [0.15, 0.2) is 0 Å². The summed E-state index contributed by atoms with van der Waals surface area (Å²) in [5.41, 5.74) is 0. The van der Waals surface area contributed by atoms with Crippen molar-refractivity contribution in [1.82, 2.24) is 10.2 Å². The largest absolute Gasteiger partial charge is 0.353 e. The molecular weight excluding hydrogens is 176 g/mol. The Bertz CT molecular complexity index is 186. The summed E-state index contributed by atoms with van der Waals surface area (Å²) >= 11 is 0. The smallest absolute Gasteiger partial charge is 0.223 e. The number of piperidine rings is 1. The average Bonchev–Trinajstić information content (AvgIpc) is 2.20. The summed E-state index contributed by atoms with van der Waals surface area (Å²) in [7, 11) is 2.13. The molecule has 0 aromatic heterocycles. The Morgan fingerprint density at radius 3 is 2.57 bits per heavy atom. The molecule has 0 aliphatic carbocycles. The van der Waals surface area contributed by atoms with Crippen molar-refractivity contribution < 1.29 is 4.79 Å². The zero-order chi connectivity index (χ0) is 10.6. The van der Waals surface area contributed by atoms with Crippen LogP contribution in [0.2, 0.25) is 0 Å². The van der Waals surface area contributed by atoms with Crippen LogP contribution < -0.4 is 5.32 Å². The maximum absolute atomic E-state index is 11.6. The van der Waals surface area contributed by atoms with Gasteiger partial charge in [0.2, 0.25) is 5.91 Å². The Kier molecular flexibility index (Phi) is 4.39. The molecule has 1 aliphatic heterocycles. The molecule has 3 nitrogen and oxygen atoms in total. The molecule has 1 atom stereocenters. The van der Waals surface area contributed by atoms with Gasteiger partial charge in [0.15, 0.2) is 0 Å². The van der Waals surface area contributed by atoms with Gasteiger partial charge in [-0.3, -0.25) is 4.79 Å². The van der Waals surface area contributed by atoms with E-state index < -0.39 is 0 Å². The van der Waals surface area contributed by atoms with E-state index in [1.807, 2.05) is 6.92 Å². The van der Waals surface area contributed by atoms with Crippen LogP contribution in [0.1, 0.15) is 33.1 Å². The van der Waals surface area contributed by atoms with Crippen LogP contribution in [-0.4, -0.2) is 37.0 Å². The molecule has 0 aromatic rings. The zero-order valence-electron chi connectivity index (χ0n) is 9.55. The molecule has 1 fully saturated rings. The Labute approximate surface area is 86.9 Å². The van der Waals surface area contributed by atoms with Gasteiger partial charge in [-0.2, -0.15) is 0 Å². The highest BCUT2D eigenvalue weighted by atomic mass is 16.1. The molecule has 82 valence electrons. The Morgan fingerprint density at radius 1 is 1.50 bits per heavy atom. The highest BCUT2D eigenvalue weighted by molar-refractivity contribution is 5.78. The maximum atomic E-state index is 11.6. The molecule has 0 spiro atoms. The Morgan fingerprint density at radius 2 is 2.07 bits per heavy atom. The number of nitrogens with one attached hydrogen (secondary N) is 1. The summed E-state index contributed by atoms with van der Waals surface area (Å²) in [6.07, 6.45) is 3.12. The van der Waals surface area contributed by atoms with Crippen molar-refractivity contribution in [1.29, 1.82) is 0 Å². The standard InChI is InChI=1S/C11H22N2O/c1-4-9(2)11(14)12-10-5-7-13(3)8-6-10/h9-10H,4-8H2,1-3H3,(H,12,14). The van der Waals surface area contributed by atoms with Gasteiger partial charge in [-0.25, -0.2) is 0 Å². The molecular formula is C11H22N2O. The van der Waals surface area contributed by atoms with E-state index in [2.05, 4.69) is 24.2 Å². The van der Waals surface area contributed by atoms with Crippen molar-refractivity contribution in [3.8, 4) is 0 Å². The number of rotatable bonds is 3. The number of hydrogen-bond acceptors (Lipinski definition) is 2. The molecule has 3 heteroatoms. The quantitative estimate of drug-likeness (QED) is 0.740. The van der Waals surface area contributed by atoms with Gasteiger partial charge in [0, 0.05) is 12.0 Å². The van der Waals surface area contributed by atoms with Crippen LogP contribution in [0.3, 0.4) is 0 Å². The van der Waals surface area contributed by atoms with E-state index in [1.165, 1.54) is 0 Å². The highest BCUT2D eigenvalue weighted by Crippen LogP contribution is 2.09. The predicted octanol–water partition coefficient (Wildman–Crippen LogP) is 1.24. The number of amides is 1. The van der Waals surface area contributed by atoms with E-state index >= 15 is 0 Å². The third-order valence-corrected chi connectivity index (χ3v) is 3.12. The lowest BCUT2D eigenvalue weighted by Gasteiger charge is -2.30. The minimum atomic E-state index is 0.162. The van der Waals surface area contributed by atoms with Gasteiger partial charge >= 0.3 is 0 Å². The molecule has 1 aliphatic rings. The van der Waals surface area contributed by atoms with Crippen LogP contribution >= 0.6 is 0 Å². The molecule has 1 amide bonds. The SMILES string of the molecule is CCC(C)C(=O)NC1CCN(C)CC1. The number of likely N-dealkylation sites (tertiary alicyclic amines) is 1. The first-order chi connectivity index (χ1) is 6.63. The second kappa shape index (κ2) is 5.35. The topological polar surface area (TPSA) is 32.3 Å². The van der Waals surface area contributed by atoms with E-state index in [4.69, 9.17) is 0 Å². The first kappa shape index (κ1) is 11.5. The summed E-state index contributed by atoms with van der Waals surface area (Å²) in [6, 6.07) is 0.410. The second-order valence-electron chi connectivity index (χ2n) is 4.40. The van der Waals surface area contributed by atoms with Crippen LogP contribution in [0.25, 0.3) is 0 Å². The Balaban J connectivity index is 2.27. The lowest BCUT2D eigenvalue weighted by Crippen LogP contribution is -2.44. The van der Waals surface area contributed by atoms with Gasteiger partial charge in [-0.1, -0.05) is 13.8 Å². The summed E-state index contributed by atoms with van der Waals surface area (Å²) in [5, 5.41) is 3.12. The minimum Gasteiger partial charge on any atom is -0.353 e. The summed E-state index contributed by atoms with van der Waals surface area (Å²) in [4.78, 5) is 13.9. The summed E-state index contributed by atoms with van der Waals surface area (Å²) in [6.45, 7) is 6.25. The number of nitrogens with zero attached hydrogens (tertiary/aromatic N) is 1. The van der Waals surface area contributed by atoms with Gasteiger partial charge in [0.05, 0.1) is 0 Å². The van der Waals surface area contributed by atoms with Crippen LogP contribution in [-0.2, 0) is 4.79 Å². The highest BCUT2D eigenvalue weighted by Gasteiger charge is 2.20. The Hall–Kier alpha value is -0.570. The third-order valence-electron chi connectivity index (χ3n) is 3.12. The van der Waals surface area contributed by atoms with Crippen LogP contribution in [0.5, 0.6) is 0 Å². The molecule has 14 heavy (non-hydrogen) atoms. The maximum Gasteiger partial charge on any atom is 0.223 e. The molecule has 0 aromatic carbocycles. The van der Waals surface area contributed by atoms with Gasteiger partial charge in [-0.05, 0) is 39.4 Å². The molecule has 1 N–H and O–H groups in total. The lowest BCUT2D eigenvalue weighted by molar-refractivity contribution is -0.125. The van der Waals surface area contributed by atoms with Gasteiger partial charge in [0.1, 0.15) is 0 Å². The van der Waals surface area contributed by atoms with Crippen molar-refractivity contribution in [2.75, 3.05) is 20.1 Å². The molecule has 1 saturated heterocycles. The summed E-state index contributed by atoms with van der Waals surface area (Å²) in [5.74, 6) is 0.386. The van der Waals surface area contributed by atoms with E-state index in [1.54, 1.807) is 0 Å². The van der Waals surface area contributed by atoms with Gasteiger partial charge in [-0.15, -0.1) is 0 Å². The molecule has 0 bridgehead atoms. The fourth-order valence-electron chi connectivity index (χ4n) is 1.68. The van der Waals surface area contributed by atoms with Crippen molar-refractivity contribution in [2.24, 2.45) is 5.92 Å². The van der Waals surface area contributed by atoms with Crippen LogP contribution in [0, 0.1) is 5.92 Å². The van der Waals surface area contributed by atoms with E-state index in [9.17, 15) is 4.79 Å². The van der Waals surface area contributed by atoms with Crippen molar-refractivity contribution in [3.05, 3.63) is 0 Å². The minimum absolute atomic E-state index is 0.162. The zero-order valence-corrected chi connectivity index (χ0v) is 9.55. The monoisotopic (exact) mass is 198 g/mol. The summed E-state index contributed by atoms with van der Waals surface area (Å²) < 4.78 is 0.